The average molecular weight is 401 g/mol. The zero-order chi connectivity index (χ0) is 21.5. The van der Waals surface area contributed by atoms with Crippen LogP contribution in [0.2, 0.25) is 0 Å². The number of aromatic nitrogens is 2. The van der Waals surface area contributed by atoms with Gasteiger partial charge in [-0.25, -0.2) is 0 Å². The summed E-state index contributed by atoms with van der Waals surface area (Å²) in [6, 6.07) is 12.3. The molecule has 0 aliphatic heterocycles. The highest BCUT2D eigenvalue weighted by Gasteiger charge is 2.35. The molecule has 0 atom stereocenters. The van der Waals surface area contributed by atoms with Crippen molar-refractivity contribution in [2.24, 2.45) is 5.41 Å². The fraction of sp³-hybridized carbons (Fsp3) is 0.250. The van der Waals surface area contributed by atoms with Gasteiger partial charge in [0.25, 0.3) is 11.5 Å². The van der Waals surface area contributed by atoms with E-state index in [1.54, 1.807) is 18.3 Å². The van der Waals surface area contributed by atoms with Crippen LogP contribution in [0.15, 0.2) is 59.7 Å². The first-order valence-corrected chi connectivity index (χ1v) is 9.86. The van der Waals surface area contributed by atoms with Crippen molar-refractivity contribution in [1.29, 1.82) is 0 Å². The molecule has 1 N–H and O–H groups in total. The summed E-state index contributed by atoms with van der Waals surface area (Å²) in [6.45, 7) is 5.99. The molecule has 6 nitrogen and oxygen atoms in total. The number of carbonyl (C=O) groups excluding carboxylic acids is 2. The smallest absolute Gasteiger partial charge is 0.268 e. The Morgan fingerprint density at radius 3 is 2.50 bits per heavy atom. The van der Waals surface area contributed by atoms with Crippen molar-refractivity contribution in [3.05, 3.63) is 87.6 Å². The molecule has 0 radical (unpaired) electrons. The molecule has 6 heteroatoms. The monoisotopic (exact) mass is 401 g/mol. The predicted molar refractivity (Wildman–Crippen MR) is 115 cm³/mol. The van der Waals surface area contributed by atoms with Gasteiger partial charge < -0.3 is 5.32 Å². The summed E-state index contributed by atoms with van der Waals surface area (Å²) in [5.74, 6) is -0.619. The molecule has 2 aromatic heterocycles. The molecule has 3 aromatic rings. The van der Waals surface area contributed by atoms with E-state index < -0.39 is 11.5 Å². The third kappa shape index (κ3) is 3.68. The molecule has 0 saturated heterocycles. The van der Waals surface area contributed by atoms with Crippen LogP contribution in [0.1, 0.15) is 52.2 Å². The topological polar surface area (TPSA) is 81.1 Å². The van der Waals surface area contributed by atoms with Gasteiger partial charge in [0, 0.05) is 29.6 Å². The predicted octanol–water partition coefficient (Wildman–Crippen LogP) is 3.95. The lowest BCUT2D eigenvalue weighted by Crippen LogP contribution is -2.37. The van der Waals surface area contributed by atoms with Crippen LogP contribution in [0.3, 0.4) is 0 Å². The highest BCUT2D eigenvalue weighted by atomic mass is 16.2. The summed E-state index contributed by atoms with van der Waals surface area (Å²) < 4.78 is 1.52. The number of ketones is 1. The first-order valence-electron chi connectivity index (χ1n) is 9.86. The first kappa shape index (κ1) is 19.8. The second-order valence-electron chi connectivity index (χ2n) is 8.53. The van der Waals surface area contributed by atoms with Crippen molar-refractivity contribution in [1.82, 2.24) is 9.55 Å². The summed E-state index contributed by atoms with van der Waals surface area (Å²) in [7, 11) is 0. The number of pyridine rings is 2. The summed E-state index contributed by atoms with van der Waals surface area (Å²) in [5.41, 5.74) is 2.51. The molecule has 0 spiro atoms. The fourth-order valence-electron chi connectivity index (χ4n) is 3.88. The molecule has 0 bridgehead atoms. The number of hydrogen-bond acceptors (Lipinski definition) is 4. The molecule has 0 saturated carbocycles. The maximum Gasteiger partial charge on any atom is 0.268 e. The van der Waals surface area contributed by atoms with E-state index in [9.17, 15) is 14.4 Å². The largest absolute Gasteiger partial charge is 0.320 e. The number of amides is 1. The van der Waals surface area contributed by atoms with Crippen LogP contribution in [0.5, 0.6) is 0 Å². The second kappa shape index (κ2) is 7.37. The maximum atomic E-state index is 13.5. The maximum absolute atomic E-state index is 13.5. The molecular weight excluding hydrogens is 378 g/mol. The average Bonchev–Trinajstić information content (AvgIpc) is 2.68. The molecule has 1 aromatic carbocycles. The highest BCUT2D eigenvalue weighted by Crippen LogP contribution is 2.35. The molecular formula is C24H23N3O3. The van der Waals surface area contributed by atoms with Gasteiger partial charge in [0.2, 0.25) is 0 Å². The van der Waals surface area contributed by atoms with E-state index >= 15 is 0 Å². The number of fused-ring (bicyclic) bond motifs is 1. The molecule has 1 amide bonds. The van der Waals surface area contributed by atoms with Crippen molar-refractivity contribution in [3.8, 4) is 5.69 Å². The fourth-order valence-corrected chi connectivity index (χ4v) is 3.88. The summed E-state index contributed by atoms with van der Waals surface area (Å²) in [5, 5.41) is 2.70. The van der Waals surface area contributed by atoms with Gasteiger partial charge in [-0.15, -0.1) is 0 Å². The van der Waals surface area contributed by atoms with Crippen LogP contribution < -0.4 is 10.9 Å². The number of nitrogens with one attached hydrogen (secondary N) is 1. The zero-order valence-corrected chi connectivity index (χ0v) is 17.2. The Hall–Kier alpha value is -3.54. The van der Waals surface area contributed by atoms with Gasteiger partial charge in [-0.1, -0.05) is 31.5 Å². The minimum Gasteiger partial charge on any atom is -0.320 e. The Balaban J connectivity index is 1.91. The van der Waals surface area contributed by atoms with E-state index in [2.05, 4.69) is 10.3 Å². The Morgan fingerprint density at radius 2 is 1.83 bits per heavy atom. The Labute approximate surface area is 174 Å². The molecule has 0 unspecified atom stereocenters. The lowest BCUT2D eigenvalue weighted by molar-refractivity contribution is 0.0909. The van der Waals surface area contributed by atoms with Crippen LogP contribution in [-0.4, -0.2) is 21.2 Å². The van der Waals surface area contributed by atoms with Crippen molar-refractivity contribution in [2.45, 2.75) is 33.6 Å². The minimum atomic E-state index is -0.561. The van der Waals surface area contributed by atoms with Crippen molar-refractivity contribution in [3.63, 3.8) is 0 Å². The third-order valence-corrected chi connectivity index (χ3v) is 5.34. The van der Waals surface area contributed by atoms with Gasteiger partial charge in [-0.05, 0) is 49.1 Å². The van der Waals surface area contributed by atoms with Crippen LogP contribution in [0.4, 0.5) is 5.69 Å². The summed E-state index contributed by atoms with van der Waals surface area (Å²) in [4.78, 5) is 43.3. The van der Waals surface area contributed by atoms with E-state index in [1.165, 1.54) is 16.8 Å². The van der Waals surface area contributed by atoms with E-state index in [0.717, 1.165) is 5.56 Å². The van der Waals surface area contributed by atoms with E-state index in [-0.39, 0.29) is 16.8 Å². The number of nitrogens with zero attached hydrogens (tertiary/aromatic N) is 2. The highest BCUT2D eigenvalue weighted by molar-refractivity contribution is 6.07. The molecule has 4 rings (SSSR count). The van der Waals surface area contributed by atoms with E-state index in [1.807, 2.05) is 45.0 Å². The summed E-state index contributed by atoms with van der Waals surface area (Å²) >= 11 is 0. The normalized spacial score (nSPS) is 14.8. The Morgan fingerprint density at radius 1 is 1.10 bits per heavy atom. The number of rotatable bonds is 3. The zero-order valence-electron chi connectivity index (χ0n) is 17.2. The van der Waals surface area contributed by atoms with Gasteiger partial charge in [0.05, 0.1) is 11.9 Å². The lowest BCUT2D eigenvalue weighted by atomic mass is 9.75. The van der Waals surface area contributed by atoms with E-state index in [4.69, 9.17) is 0 Å². The van der Waals surface area contributed by atoms with Crippen LogP contribution in [-0.2, 0) is 6.42 Å². The van der Waals surface area contributed by atoms with Crippen molar-refractivity contribution in [2.75, 3.05) is 5.32 Å². The number of carbonyl (C=O) groups is 2. The van der Waals surface area contributed by atoms with Gasteiger partial charge >= 0.3 is 0 Å². The quantitative estimate of drug-likeness (QED) is 0.721. The van der Waals surface area contributed by atoms with Gasteiger partial charge in [0.1, 0.15) is 5.56 Å². The van der Waals surface area contributed by atoms with E-state index in [0.29, 0.717) is 35.5 Å². The number of hydrogen-bond donors (Lipinski definition) is 1. The molecule has 1 aliphatic carbocycles. The molecule has 0 fully saturated rings. The second-order valence-corrected chi connectivity index (χ2v) is 8.53. The lowest BCUT2D eigenvalue weighted by Gasteiger charge is -2.32. The molecule has 152 valence electrons. The minimum absolute atomic E-state index is 0.0578. The summed E-state index contributed by atoms with van der Waals surface area (Å²) in [6.07, 6.45) is 4.04. The molecule has 2 heterocycles. The number of benzene rings is 1. The van der Waals surface area contributed by atoms with Gasteiger partial charge in [-0.2, -0.15) is 0 Å². The SMILES string of the molecule is Cc1ccc(-n2c3c(cc(C(=O)Nc4cccnc4)c2=O)C(=O)CC(C)(C)C3)cc1. The van der Waals surface area contributed by atoms with Crippen molar-refractivity contribution >= 4 is 17.4 Å². The number of Topliss-reactive ketones (excluding diaryl/α,β-unsaturated/α-hetero) is 1. The van der Waals surface area contributed by atoms with Crippen LogP contribution in [0.25, 0.3) is 5.69 Å². The van der Waals surface area contributed by atoms with Crippen LogP contribution in [0, 0.1) is 12.3 Å². The standard InChI is InChI=1S/C24H23N3O3/c1-15-6-8-17(9-7-15)27-20-12-24(2,3)13-21(28)18(20)11-19(23(27)30)22(29)26-16-5-4-10-25-14-16/h4-11,14H,12-13H2,1-3H3,(H,26,29). The van der Waals surface area contributed by atoms with Crippen LogP contribution >= 0.6 is 0 Å². The number of anilines is 1. The third-order valence-electron chi connectivity index (χ3n) is 5.34. The Kier molecular flexibility index (Phi) is 4.86. The van der Waals surface area contributed by atoms with Gasteiger partial charge in [0.15, 0.2) is 5.78 Å². The van der Waals surface area contributed by atoms with Crippen molar-refractivity contribution < 1.29 is 9.59 Å². The molecule has 30 heavy (non-hydrogen) atoms. The first-order chi connectivity index (χ1) is 14.2. The Bertz CT molecular complexity index is 1190. The van der Waals surface area contributed by atoms with Gasteiger partial charge in [-0.3, -0.25) is 23.9 Å². The molecule has 1 aliphatic rings. The number of aryl methyl sites for hydroxylation is 1.